The lowest BCUT2D eigenvalue weighted by atomic mass is 9.69. The molecule has 1 saturated heterocycles. The molecule has 1 aliphatic heterocycles. The first-order valence-corrected chi connectivity index (χ1v) is 8.90. The highest BCUT2D eigenvalue weighted by molar-refractivity contribution is 5.95. The molecule has 1 saturated carbocycles. The lowest BCUT2D eigenvalue weighted by molar-refractivity contribution is -0.000190. The summed E-state index contributed by atoms with van der Waals surface area (Å²) in [7, 11) is 0. The van der Waals surface area contributed by atoms with Crippen LogP contribution in [0, 0.1) is 5.41 Å². The van der Waals surface area contributed by atoms with Crippen molar-refractivity contribution >= 4 is 5.91 Å². The van der Waals surface area contributed by atoms with Gasteiger partial charge in [0.1, 0.15) is 0 Å². The molecule has 1 aromatic carbocycles. The summed E-state index contributed by atoms with van der Waals surface area (Å²) in [4.78, 5) is 12.7. The van der Waals surface area contributed by atoms with Crippen molar-refractivity contribution in [3.8, 4) is 0 Å². The molecule has 1 amide bonds. The van der Waals surface area contributed by atoms with E-state index >= 15 is 0 Å². The first kappa shape index (κ1) is 16.5. The number of hydrogen-bond donors (Lipinski definition) is 2. The first-order valence-electron chi connectivity index (χ1n) is 8.90. The largest absolute Gasteiger partial charge is 0.381 e. The van der Waals surface area contributed by atoms with Gasteiger partial charge in [-0.25, -0.2) is 0 Å². The van der Waals surface area contributed by atoms with E-state index in [4.69, 9.17) is 4.74 Å². The van der Waals surface area contributed by atoms with Gasteiger partial charge in [-0.2, -0.15) is 0 Å². The minimum absolute atomic E-state index is 0.0651. The smallest absolute Gasteiger partial charge is 0.251 e. The van der Waals surface area contributed by atoms with Gasteiger partial charge in [0, 0.05) is 30.7 Å². The molecule has 0 radical (unpaired) electrons. The Hall–Kier alpha value is -1.39. The summed E-state index contributed by atoms with van der Waals surface area (Å²) in [6, 6.07) is 8.05. The van der Waals surface area contributed by atoms with E-state index in [1.807, 2.05) is 25.1 Å². The predicted molar refractivity (Wildman–Crippen MR) is 91.8 cm³/mol. The van der Waals surface area contributed by atoms with Crippen LogP contribution in [-0.4, -0.2) is 38.8 Å². The van der Waals surface area contributed by atoms with Crippen LogP contribution in [0.1, 0.15) is 54.4 Å². The third-order valence-corrected chi connectivity index (χ3v) is 5.36. The van der Waals surface area contributed by atoms with Gasteiger partial charge in [0.05, 0.1) is 6.61 Å². The van der Waals surface area contributed by atoms with Crippen molar-refractivity contribution in [2.24, 2.45) is 5.41 Å². The van der Waals surface area contributed by atoms with Gasteiger partial charge in [-0.1, -0.05) is 24.6 Å². The molecule has 0 aromatic heterocycles. The van der Waals surface area contributed by atoms with Crippen LogP contribution >= 0.6 is 0 Å². The zero-order chi connectivity index (χ0) is 16.1. The van der Waals surface area contributed by atoms with E-state index in [0.717, 1.165) is 57.7 Å². The lowest BCUT2D eigenvalue weighted by Crippen LogP contribution is -2.45. The third kappa shape index (κ3) is 3.75. The van der Waals surface area contributed by atoms with Gasteiger partial charge in [-0.3, -0.25) is 4.79 Å². The number of amides is 1. The van der Waals surface area contributed by atoms with Crippen LogP contribution in [0.4, 0.5) is 0 Å². The van der Waals surface area contributed by atoms with Gasteiger partial charge in [0.15, 0.2) is 0 Å². The molecule has 4 heteroatoms. The number of nitrogens with one attached hydrogen (secondary N) is 2. The molecular formula is C19H28N2O2. The van der Waals surface area contributed by atoms with Crippen LogP contribution in [-0.2, 0) is 4.74 Å². The highest BCUT2D eigenvalue weighted by Crippen LogP contribution is 2.40. The molecule has 4 nitrogen and oxygen atoms in total. The topological polar surface area (TPSA) is 50.4 Å². The summed E-state index contributed by atoms with van der Waals surface area (Å²) in [6.07, 6.45) is 4.66. The highest BCUT2D eigenvalue weighted by Gasteiger charge is 2.37. The minimum atomic E-state index is 0.0651. The molecule has 23 heavy (non-hydrogen) atoms. The summed E-state index contributed by atoms with van der Waals surface area (Å²) >= 11 is 0. The Labute approximate surface area is 139 Å². The number of rotatable bonds is 7. The fourth-order valence-electron chi connectivity index (χ4n) is 3.71. The fraction of sp³-hybridized carbons (Fsp3) is 0.632. The number of carbonyl (C=O) groups excluding carboxylic acids is 1. The molecule has 2 N–H and O–H groups in total. The van der Waals surface area contributed by atoms with Gasteiger partial charge in [0.2, 0.25) is 0 Å². The zero-order valence-electron chi connectivity index (χ0n) is 14.1. The Morgan fingerprint density at radius 3 is 2.87 bits per heavy atom. The van der Waals surface area contributed by atoms with Gasteiger partial charge in [0.25, 0.3) is 5.91 Å². The van der Waals surface area contributed by atoms with E-state index in [2.05, 4.69) is 16.7 Å². The summed E-state index contributed by atoms with van der Waals surface area (Å²) in [5.41, 5.74) is 2.18. The Morgan fingerprint density at radius 1 is 1.39 bits per heavy atom. The Morgan fingerprint density at radius 2 is 2.22 bits per heavy atom. The van der Waals surface area contributed by atoms with E-state index in [1.54, 1.807) is 0 Å². The van der Waals surface area contributed by atoms with Crippen molar-refractivity contribution in [1.29, 1.82) is 0 Å². The molecule has 2 aliphatic rings. The normalized spacial score (nSPS) is 22.6. The molecule has 0 bridgehead atoms. The monoisotopic (exact) mass is 316 g/mol. The summed E-state index contributed by atoms with van der Waals surface area (Å²) in [6.45, 7) is 6.27. The average molecular weight is 316 g/mol. The van der Waals surface area contributed by atoms with Gasteiger partial charge in [-0.05, 0) is 50.3 Å². The maximum Gasteiger partial charge on any atom is 0.251 e. The molecule has 1 aliphatic carbocycles. The van der Waals surface area contributed by atoms with Crippen LogP contribution in [0.5, 0.6) is 0 Å². The Kier molecular flexibility index (Phi) is 5.34. The van der Waals surface area contributed by atoms with Gasteiger partial charge >= 0.3 is 0 Å². The molecule has 1 heterocycles. The van der Waals surface area contributed by atoms with Gasteiger partial charge in [-0.15, -0.1) is 0 Å². The van der Waals surface area contributed by atoms with E-state index in [9.17, 15) is 4.79 Å². The quantitative estimate of drug-likeness (QED) is 0.813. The average Bonchev–Trinajstić information content (AvgIpc) is 3.07. The Bertz CT molecular complexity index is 534. The maximum atomic E-state index is 12.7. The second kappa shape index (κ2) is 7.45. The standard InChI is InChI=1S/C19H28N2O2/c1-2-23-14-19(9-5-10-19)13-21-18(22)17-7-4-3-6-16(17)15-8-11-20-12-15/h3-4,6-7,15,20H,2,5,8-14H2,1H3,(H,21,22)/t15-/m0/s1. The highest BCUT2D eigenvalue weighted by atomic mass is 16.5. The second-order valence-corrected chi connectivity index (χ2v) is 6.95. The molecule has 0 unspecified atom stereocenters. The fourth-order valence-corrected chi connectivity index (χ4v) is 3.71. The van der Waals surface area contributed by atoms with E-state index in [0.29, 0.717) is 5.92 Å². The van der Waals surface area contributed by atoms with Crippen LogP contribution in [0.15, 0.2) is 24.3 Å². The third-order valence-electron chi connectivity index (χ3n) is 5.36. The molecule has 3 rings (SSSR count). The SMILES string of the molecule is CCOCC1(CNC(=O)c2ccccc2[C@H]2CCNC2)CCC1. The second-order valence-electron chi connectivity index (χ2n) is 6.95. The molecule has 1 aromatic rings. The molecule has 126 valence electrons. The van der Waals surface area contributed by atoms with Crippen LogP contribution in [0.25, 0.3) is 0 Å². The van der Waals surface area contributed by atoms with E-state index in [1.165, 1.54) is 12.0 Å². The number of carbonyl (C=O) groups is 1. The summed E-state index contributed by atoms with van der Waals surface area (Å²) in [5.74, 6) is 0.522. The predicted octanol–water partition coefficient (Wildman–Crippen LogP) is 2.70. The van der Waals surface area contributed by atoms with Crippen LogP contribution < -0.4 is 10.6 Å². The van der Waals surface area contributed by atoms with Crippen molar-refractivity contribution < 1.29 is 9.53 Å². The molecule has 0 spiro atoms. The number of ether oxygens (including phenoxy) is 1. The van der Waals surface area contributed by atoms with E-state index < -0.39 is 0 Å². The summed E-state index contributed by atoms with van der Waals surface area (Å²) < 4.78 is 5.62. The van der Waals surface area contributed by atoms with Gasteiger partial charge < -0.3 is 15.4 Å². The van der Waals surface area contributed by atoms with Crippen LogP contribution in [0.3, 0.4) is 0 Å². The Balaban J connectivity index is 1.64. The first-order chi connectivity index (χ1) is 11.2. The van der Waals surface area contributed by atoms with Crippen molar-refractivity contribution in [3.05, 3.63) is 35.4 Å². The number of benzene rings is 1. The minimum Gasteiger partial charge on any atom is -0.381 e. The van der Waals surface area contributed by atoms with Crippen molar-refractivity contribution in [1.82, 2.24) is 10.6 Å². The van der Waals surface area contributed by atoms with E-state index in [-0.39, 0.29) is 11.3 Å². The molecule has 1 atom stereocenters. The zero-order valence-corrected chi connectivity index (χ0v) is 14.1. The molecule has 2 fully saturated rings. The number of hydrogen-bond acceptors (Lipinski definition) is 3. The van der Waals surface area contributed by atoms with Crippen molar-refractivity contribution in [2.75, 3.05) is 32.8 Å². The van der Waals surface area contributed by atoms with Crippen LogP contribution in [0.2, 0.25) is 0 Å². The summed E-state index contributed by atoms with van der Waals surface area (Å²) in [5, 5.41) is 6.56. The maximum absolute atomic E-state index is 12.7. The van der Waals surface area contributed by atoms with Crippen molar-refractivity contribution in [3.63, 3.8) is 0 Å². The molecular weight excluding hydrogens is 288 g/mol. The lowest BCUT2D eigenvalue weighted by Gasteiger charge is -2.41. The van der Waals surface area contributed by atoms with Crippen molar-refractivity contribution in [2.45, 2.75) is 38.5 Å².